The van der Waals surface area contributed by atoms with Crippen LogP contribution in [0.15, 0.2) is 48.5 Å². The van der Waals surface area contributed by atoms with E-state index >= 15 is 0 Å². The third kappa shape index (κ3) is 11.7. The molecule has 1 aromatic carbocycles. The van der Waals surface area contributed by atoms with Gasteiger partial charge in [-0.1, -0.05) is 108 Å². The largest absolute Gasteiger partial charge is 0.461 e. The van der Waals surface area contributed by atoms with Crippen molar-refractivity contribution in [3.05, 3.63) is 65.5 Å². The summed E-state index contributed by atoms with van der Waals surface area (Å²) in [5, 5.41) is 0. The summed E-state index contributed by atoms with van der Waals surface area (Å²) < 4.78 is 10.6. The van der Waals surface area contributed by atoms with Crippen LogP contribution in [0.3, 0.4) is 0 Å². The molecule has 33 heavy (non-hydrogen) atoms. The molecule has 0 saturated carbocycles. The molecule has 180 valence electrons. The number of hydrogen-bond acceptors (Lipinski definition) is 5. The Labute approximate surface area is 198 Å². The summed E-state index contributed by atoms with van der Waals surface area (Å²) in [7, 11) is 0. The molecule has 5 heteroatoms. The smallest absolute Gasteiger partial charge is 0.356 e. The van der Waals surface area contributed by atoms with Crippen LogP contribution in [0.2, 0.25) is 0 Å². The van der Waals surface area contributed by atoms with Gasteiger partial charge in [-0.05, 0) is 24.1 Å². The molecule has 0 N–H and O–H groups in total. The summed E-state index contributed by atoms with van der Waals surface area (Å²) >= 11 is 0. The minimum Gasteiger partial charge on any atom is -0.461 e. The number of ether oxygens (including phenoxy) is 2. The molecule has 1 heterocycles. The van der Waals surface area contributed by atoms with Crippen LogP contribution >= 0.6 is 0 Å². The SMILES string of the molecule is CCCCCCCCCCCCCOC(=O)c1cccc(C(=O)OCCc2ccccc2)n1. The standard InChI is InChI=1S/C28H39NO4/c1-2-3-4-5-6-7-8-9-10-11-15-22-32-27(30)25-19-16-20-26(29-25)28(31)33-23-21-24-17-13-12-14-18-24/h12-14,16-20H,2-11,15,21-23H2,1H3. The summed E-state index contributed by atoms with van der Waals surface area (Å²) in [6, 6.07) is 14.5. The van der Waals surface area contributed by atoms with E-state index < -0.39 is 11.9 Å². The summed E-state index contributed by atoms with van der Waals surface area (Å²) in [5.41, 5.74) is 1.35. The first-order chi connectivity index (χ1) is 16.2. The van der Waals surface area contributed by atoms with E-state index in [4.69, 9.17) is 9.47 Å². The first-order valence-corrected chi connectivity index (χ1v) is 12.6. The first-order valence-electron chi connectivity index (χ1n) is 12.6. The van der Waals surface area contributed by atoms with Gasteiger partial charge in [-0.3, -0.25) is 0 Å². The normalized spacial score (nSPS) is 10.7. The Kier molecular flexibility index (Phi) is 13.6. The van der Waals surface area contributed by atoms with Gasteiger partial charge in [0.1, 0.15) is 11.4 Å². The van der Waals surface area contributed by atoms with Gasteiger partial charge in [0.2, 0.25) is 0 Å². The molecule has 0 spiro atoms. The average Bonchev–Trinajstić information content (AvgIpc) is 2.85. The van der Waals surface area contributed by atoms with Gasteiger partial charge in [-0.25, -0.2) is 14.6 Å². The Balaban J connectivity index is 1.57. The zero-order chi connectivity index (χ0) is 23.6. The van der Waals surface area contributed by atoms with E-state index in [2.05, 4.69) is 11.9 Å². The lowest BCUT2D eigenvalue weighted by Crippen LogP contribution is -2.14. The quantitative estimate of drug-likeness (QED) is 0.191. The third-order valence-electron chi connectivity index (χ3n) is 5.62. The third-order valence-corrected chi connectivity index (χ3v) is 5.62. The number of esters is 2. The van der Waals surface area contributed by atoms with Crippen molar-refractivity contribution in [2.75, 3.05) is 13.2 Å². The molecule has 2 rings (SSSR count). The maximum Gasteiger partial charge on any atom is 0.356 e. The van der Waals surface area contributed by atoms with E-state index in [9.17, 15) is 9.59 Å². The van der Waals surface area contributed by atoms with E-state index in [1.165, 1.54) is 57.8 Å². The topological polar surface area (TPSA) is 65.5 Å². The monoisotopic (exact) mass is 453 g/mol. The second-order valence-corrected chi connectivity index (χ2v) is 8.45. The maximum atomic E-state index is 12.3. The number of nitrogens with zero attached hydrogens (tertiary/aromatic N) is 1. The van der Waals surface area contributed by atoms with Crippen LogP contribution in [0.5, 0.6) is 0 Å². The van der Waals surface area contributed by atoms with Crippen molar-refractivity contribution >= 4 is 11.9 Å². The van der Waals surface area contributed by atoms with Crippen LogP contribution in [-0.4, -0.2) is 30.1 Å². The van der Waals surface area contributed by atoms with Crippen LogP contribution in [0.4, 0.5) is 0 Å². The highest BCUT2D eigenvalue weighted by Gasteiger charge is 2.14. The van der Waals surface area contributed by atoms with Crippen LogP contribution in [0, 0.1) is 0 Å². The lowest BCUT2D eigenvalue weighted by molar-refractivity contribution is 0.0486. The Morgan fingerprint density at radius 1 is 0.636 bits per heavy atom. The summed E-state index contributed by atoms with van der Waals surface area (Å²) in [6.45, 7) is 2.89. The fraction of sp³-hybridized carbons (Fsp3) is 0.536. The van der Waals surface area contributed by atoms with Gasteiger partial charge in [0.15, 0.2) is 0 Å². The van der Waals surface area contributed by atoms with Crippen molar-refractivity contribution in [2.24, 2.45) is 0 Å². The molecule has 2 aromatic rings. The highest BCUT2D eigenvalue weighted by molar-refractivity contribution is 5.91. The average molecular weight is 454 g/mol. The van der Waals surface area contributed by atoms with Crippen molar-refractivity contribution in [2.45, 2.75) is 84.0 Å². The fourth-order valence-electron chi connectivity index (χ4n) is 3.65. The minimum absolute atomic E-state index is 0.118. The summed E-state index contributed by atoms with van der Waals surface area (Å²) in [4.78, 5) is 28.6. The predicted octanol–water partition coefficient (Wildman–Crippen LogP) is 6.95. The van der Waals surface area contributed by atoms with Crippen LogP contribution in [0.25, 0.3) is 0 Å². The first kappa shape index (κ1) is 26.6. The van der Waals surface area contributed by atoms with Crippen molar-refractivity contribution in [1.29, 1.82) is 0 Å². The van der Waals surface area contributed by atoms with Crippen molar-refractivity contribution in [1.82, 2.24) is 4.98 Å². The number of aromatic nitrogens is 1. The molecule has 0 bridgehead atoms. The number of rotatable bonds is 17. The zero-order valence-electron chi connectivity index (χ0n) is 20.1. The van der Waals surface area contributed by atoms with Crippen LogP contribution in [-0.2, 0) is 15.9 Å². The van der Waals surface area contributed by atoms with E-state index in [1.54, 1.807) is 18.2 Å². The van der Waals surface area contributed by atoms with Gasteiger partial charge in [-0.2, -0.15) is 0 Å². The Bertz CT molecular complexity index is 807. The van der Waals surface area contributed by atoms with Gasteiger partial charge < -0.3 is 9.47 Å². The molecule has 0 atom stereocenters. The molecule has 0 aliphatic rings. The number of carbonyl (C=O) groups is 2. The molecular weight excluding hydrogens is 414 g/mol. The number of unbranched alkanes of at least 4 members (excludes halogenated alkanes) is 10. The molecule has 0 radical (unpaired) electrons. The molecule has 0 fully saturated rings. The molecule has 0 saturated heterocycles. The highest BCUT2D eigenvalue weighted by atomic mass is 16.5. The van der Waals surface area contributed by atoms with Gasteiger partial charge in [-0.15, -0.1) is 0 Å². The molecule has 5 nitrogen and oxygen atoms in total. The van der Waals surface area contributed by atoms with E-state index in [0.717, 1.165) is 18.4 Å². The highest BCUT2D eigenvalue weighted by Crippen LogP contribution is 2.12. The number of carbonyl (C=O) groups excluding carboxylic acids is 2. The lowest BCUT2D eigenvalue weighted by atomic mass is 10.1. The van der Waals surface area contributed by atoms with Crippen molar-refractivity contribution in [3.8, 4) is 0 Å². The van der Waals surface area contributed by atoms with Gasteiger partial charge >= 0.3 is 11.9 Å². The molecule has 0 aliphatic carbocycles. The van der Waals surface area contributed by atoms with Gasteiger partial charge in [0.25, 0.3) is 0 Å². The van der Waals surface area contributed by atoms with Crippen molar-refractivity contribution < 1.29 is 19.1 Å². The second-order valence-electron chi connectivity index (χ2n) is 8.45. The Morgan fingerprint density at radius 2 is 1.15 bits per heavy atom. The van der Waals surface area contributed by atoms with E-state index in [-0.39, 0.29) is 18.0 Å². The van der Waals surface area contributed by atoms with E-state index in [0.29, 0.717) is 13.0 Å². The molecule has 0 amide bonds. The Hall–Kier alpha value is -2.69. The van der Waals surface area contributed by atoms with Gasteiger partial charge in [0.05, 0.1) is 13.2 Å². The Morgan fingerprint density at radius 3 is 1.73 bits per heavy atom. The van der Waals surface area contributed by atoms with E-state index in [1.807, 2.05) is 30.3 Å². The maximum absolute atomic E-state index is 12.3. The lowest BCUT2D eigenvalue weighted by Gasteiger charge is -2.07. The minimum atomic E-state index is -0.536. The van der Waals surface area contributed by atoms with Crippen molar-refractivity contribution in [3.63, 3.8) is 0 Å². The molecular formula is C28H39NO4. The summed E-state index contributed by atoms with van der Waals surface area (Å²) in [6.07, 6.45) is 14.3. The molecule has 0 aliphatic heterocycles. The number of benzene rings is 1. The molecule has 1 aromatic heterocycles. The predicted molar refractivity (Wildman–Crippen MR) is 131 cm³/mol. The number of pyridine rings is 1. The van der Waals surface area contributed by atoms with Crippen LogP contribution < -0.4 is 0 Å². The van der Waals surface area contributed by atoms with Crippen LogP contribution in [0.1, 0.15) is 104 Å². The second kappa shape index (κ2) is 16.9. The summed E-state index contributed by atoms with van der Waals surface area (Å²) in [5.74, 6) is -1.04. The van der Waals surface area contributed by atoms with Gasteiger partial charge in [0, 0.05) is 6.42 Å². The number of hydrogen-bond donors (Lipinski definition) is 0. The zero-order valence-corrected chi connectivity index (χ0v) is 20.1. The fourth-order valence-corrected chi connectivity index (χ4v) is 3.65. The molecule has 0 unspecified atom stereocenters.